The highest BCUT2D eigenvalue weighted by Crippen LogP contribution is 2.25. The maximum atomic E-state index is 11.5. The molecular formula is C18H18O. The molecular weight excluding hydrogens is 232 g/mol. The van der Waals surface area contributed by atoms with E-state index in [9.17, 15) is 4.79 Å². The molecule has 0 heterocycles. The van der Waals surface area contributed by atoms with E-state index in [2.05, 4.69) is 24.3 Å². The van der Waals surface area contributed by atoms with E-state index >= 15 is 0 Å². The monoisotopic (exact) mass is 250 g/mol. The summed E-state index contributed by atoms with van der Waals surface area (Å²) in [5.41, 5.74) is 2.41. The first kappa shape index (κ1) is 13.3. The Morgan fingerprint density at radius 3 is 1.84 bits per heavy atom. The third kappa shape index (κ3) is 3.65. The van der Waals surface area contributed by atoms with Gasteiger partial charge in [-0.1, -0.05) is 73.7 Å². The quantitative estimate of drug-likeness (QED) is 0.721. The highest BCUT2D eigenvalue weighted by Gasteiger charge is 2.10. The van der Waals surface area contributed by atoms with Gasteiger partial charge in [-0.3, -0.25) is 4.79 Å². The fourth-order valence-corrected chi connectivity index (χ4v) is 2.06. The molecule has 0 amide bonds. The van der Waals surface area contributed by atoms with E-state index in [-0.39, 0.29) is 11.7 Å². The van der Waals surface area contributed by atoms with Gasteiger partial charge in [0.2, 0.25) is 0 Å². The molecule has 2 aromatic carbocycles. The van der Waals surface area contributed by atoms with Crippen molar-refractivity contribution in [1.82, 2.24) is 0 Å². The molecule has 19 heavy (non-hydrogen) atoms. The van der Waals surface area contributed by atoms with Crippen molar-refractivity contribution in [2.45, 2.75) is 19.3 Å². The van der Waals surface area contributed by atoms with E-state index in [1.807, 2.05) is 49.4 Å². The molecule has 0 bridgehead atoms. The van der Waals surface area contributed by atoms with Crippen LogP contribution in [0.25, 0.3) is 0 Å². The maximum absolute atomic E-state index is 11.5. The summed E-state index contributed by atoms with van der Waals surface area (Å²) in [6, 6.07) is 20.5. The fourth-order valence-electron chi connectivity index (χ4n) is 2.06. The van der Waals surface area contributed by atoms with Crippen LogP contribution in [0.2, 0.25) is 0 Å². The summed E-state index contributed by atoms with van der Waals surface area (Å²) < 4.78 is 0. The third-order valence-electron chi connectivity index (χ3n) is 3.14. The van der Waals surface area contributed by atoms with Crippen LogP contribution in [0.4, 0.5) is 0 Å². The SMILES string of the molecule is CCC(=O)C=CC(c1ccccc1)c1ccccc1. The van der Waals surface area contributed by atoms with Crippen LogP contribution in [0, 0.1) is 0 Å². The molecule has 0 radical (unpaired) electrons. The number of carbonyl (C=O) groups excluding carboxylic acids is 1. The van der Waals surface area contributed by atoms with Crippen molar-refractivity contribution in [2.75, 3.05) is 0 Å². The van der Waals surface area contributed by atoms with Crippen LogP contribution >= 0.6 is 0 Å². The maximum Gasteiger partial charge on any atom is 0.155 e. The highest BCUT2D eigenvalue weighted by molar-refractivity contribution is 5.89. The molecule has 2 rings (SSSR count). The van der Waals surface area contributed by atoms with Crippen molar-refractivity contribution < 1.29 is 4.79 Å². The number of ketones is 1. The molecule has 0 aliphatic rings. The Kier molecular flexibility index (Phi) is 4.68. The van der Waals surface area contributed by atoms with E-state index in [1.54, 1.807) is 6.08 Å². The second-order valence-corrected chi connectivity index (χ2v) is 4.48. The van der Waals surface area contributed by atoms with E-state index in [0.29, 0.717) is 6.42 Å². The van der Waals surface area contributed by atoms with Gasteiger partial charge in [0.05, 0.1) is 0 Å². The van der Waals surface area contributed by atoms with Gasteiger partial charge in [0.15, 0.2) is 5.78 Å². The van der Waals surface area contributed by atoms with Gasteiger partial charge in [-0.15, -0.1) is 0 Å². The Bertz CT molecular complexity index is 501. The molecule has 96 valence electrons. The first-order chi connectivity index (χ1) is 9.31. The van der Waals surface area contributed by atoms with E-state index in [1.165, 1.54) is 11.1 Å². The Labute approximate surface area is 114 Å². The van der Waals surface area contributed by atoms with Crippen LogP contribution in [-0.2, 0) is 4.79 Å². The smallest absolute Gasteiger partial charge is 0.155 e. The van der Waals surface area contributed by atoms with Crippen molar-refractivity contribution in [3.63, 3.8) is 0 Å². The van der Waals surface area contributed by atoms with Crippen LogP contribution in [0.15, 0.2) is 72.8 Å². The Hall–Kier alpha value is -2.15. The minimum absolute atomic E-state index is 0.137. The van der Waals surface area contributed by atoms with Crippen LogP contribution in [-0.4, -0.2) is 5.78 Å². The lowest BCUT2D eigenvalue weighted by molar-refractivity contribution is -0.114. The van der Waals surface area contributed by atoms with Crippen molar-refractivity contribution in [3.8, 4) is 0 Å². The lowest BCUT2D eigenvalue weighted by atomic mass is 9.90. The summed E-state index contributed by atoms with van der Waals surface area (Å²) in [5.74, 6) is 0.301. The molecule has 0 fully saturated rings. The zero-order chi connectivity index (χ0) is 13.5. The van der Waals surface area contributed by atoms with Gasteiger partial charge in [0.25, 0.3) is 0 Å². The van der Waals surface area contributed by atoms with Gasteiger partial charge >= 0.3 is 0 Å². The molecule has 0 unspecified atom stereocenters. The zero-order valence-corrected chi connectivity index (χ0v) is 11.1. The van der Waals surface area contributed by atoms with Crippen LogP contribution in [0.1, 0.15) is 30.4 Å². The lowest BCUT2D eigenvalue weighted by Crippen LogP contribution is -1.99. The minimum atomic E-state index is 0.137. The van der Waals surface area contributed by atoms with Gasteiger partial charge in [0, 0.05) is 12.3 Å². The lowest BCUT2D eigenvalue weighted by Gasteiger charge is -2.13. The predicted molar refractivity (Wildman–Crippen MR) is 79.2 cm³/mol. The van der Waals surface area contributed by atoms with Crippen molar-refractivity contribution >= 4 is 5.78 Å². The molecule has 1 nitrogen and oxygen atoms in total. The number of benzene rings is 2. The first-order valence-corrected chi connectivity index (χ1v) is 6.62. The van der Waals surface area contributed by atoms with E-state index in [4.69, 9.17) is 0 Å². The largest absolute Gasteiger partial charge is 0.295 e. The molecule has 0 atom stereocenters. The minimum Gasteiger partial charge on any atom is -0.295 e. The number of hydrogen-bond acceptors (Lipinski definition) is 1. The number of carbonyl (C=O) groups is 1. The predicted octanol–water partition coefficient (Wildman–Crippen LogP) is 4.35. The average Bonchev–Trinajstić information content (AvgIpc) is 2.49. The molecule has 0 saturated carbocycles. The standard InChI is InChI=1S/C18H18O/c1-2-17(19)13-14-18(15-9-5-3-6-10-15)16-11-7-4-8-12-16/h3-14,18H,2H2,1H3. The van der Waals surface area contributed by atoms with Gasteiger partial charge in [-0.2, -0.15) is 0 Å². The summed E-state index contributed by atoms with van der Waals surface area (Å²) in [5, 5.41) is 0. The van der Waals surface area contributed by atoms with Crippen LogP contribution in [0.3, 0.4) is 0 Å². The first-order valence-electron chi connectivity index (χ1n) is 6.62. The normalized spacial score (nSPS) is 11.1. The molecule has 0 saturated heterocycles. The fraction of sp³-hybridized carbons (Fsp3) is 0.167. The van der Waals surface area contributed by atoms with Crippen molar-refractivity contribution in [1.29, 1.82) is 0 Å². The second kappa shape index (κ2) is 6.69. The van der Waals surface area contributed by atoms with Gasteiger partial charge in [0.1, 0.15) is 0 Å². The summed E-state index contributed by atoms with van der Waals surface area (Å²) in [6.07, 6.45) is 4.24. The van der Waals surface area contributed by atoms with Gasteiger partial charge < -0.3 is 0 Å². The molecule has 1 heteroatoms. The molecule has 0 aliphatic carbocycles. The summed E-state index contributed by atoms with van der Waals surface area (Å²) in [7, 11) is 0. The molecule has 0 spiro atoms. The van der Waals surface area contributed by atoms with Gasteiger partial charge in [-0.25, -0.2) is 0 Å². The highest BCUT2D eigenvalue weighted by atomic mass is 16.1. The molecule has 2 aromatic rings. The van der Waals surface area contributed by atoms with Crippen LogP contribution in [0.5, 0.6) is 0 Å². The Morgan fingerprint density at radius 2 is 1.42 bits per heavy atom. The van der Waals surface area contributed by atoms with Crippen molar-refractivity contribution in [2.24, 2.45) is 0 Å². The number of hydrogen-bond donors (Lipinski definition) is 0. The second-order valence-electron chi connectivity index (χ2n) is 4.48. The molecule has 0 aromatic heterocycles. The Morgan fingerprint density at radius 1 is 0.947 bits per heavy atom. The van der Waals surface area contributed by atoms with Crippen LogP contribution < -0.4 is 0 Å². The zero-order valence-electron chi connectivity index (χ0n) is 11.1. The van der Waals surface area contributed by atoms with Gasteiger partial charge in [-0.05, 0) is 17.2 Å². The number of rotatable bonds is 5. The Balaban J connectivity index is 2.34. The molecule has 0 aliphatic heterocycles. The summed E-state index contributed by atoms with van der Waals surface area (Å²) in [6.45, 7) is 1.88. The number of allylic oxidation sites excluding steroid dienone is 2. The van der Waals surface area contributed by atoms with E-state index < -0.39 is 0 Å². The average molecular weight is 250 g/mol. The van der Waals surface area contributed by atoms with E-state index in [0.717, 1.165) is 0 Å². The molecule has 0 N–H and O–H groups in total. The summed E-state index contributed by atoms with van der Waals surface area (Å²) >= 11 is 0. The topological polar surface area (TPSA) is 17.1 Å². The van der Waals surface area contributed by atoms with Crippen molar-refractivity contribution in [3.05, 3.63) is 83.9 Å². The third-order valence-corrected chi connectivity index (χ3v) is 3.14. The summed E-state index contributed by atoms with van der Waals surface area (Å²) in [4.78, 5) is 11.5.